The predicted molar refractivity (Wildman–Crippen MR) is 39.6 cm³/mol. The van der Waals surface area contributed by atoms with Crippen LogP contribution in [-0.2, 0) is 14.3 Å². The van der Waals surface area contributed by atoms with Crippen molar-refractivity contribution in [2.75, 3.05) is 20.2 Å². The van der Waals surface area contributed by atoms with Gasteiger partial charge in [0.25, 0.3) is 0 Å². The zero-order chi connectivity index (χ0) is 9.14. The fourth-order valence-corrected chi connectivity index (χ4v) is 1.03. The van der Waals surface area contributed by atoms with Gasteiger partial charge in [-0.05, 0) is 0 Å². The fraction of sp³-hybridized carbons (Fsp3) is 0.714. The highest BCUT2D eigenvalue weighted by Crippen LogP contribution is 2.04. The number of aliphatic carboxylic acids is 1. The summed E-state index contributed by atoms with van der Waals surface area (Å²) in [6.07, 6.45) is -0.609. The van der Waals surface area contributed by atoms with Gasteiger partial charge in [0.2, 0.25) is 5.91 Å². The topological polar surface area (TPSA) is 66.8 Å². The molecule has 1 unspecified atom stereocenters. The first-order valence-corrected chi connectivity index (χ1v) is 3.69. The lowest BCUT2D eigenvalue weighted by Gasteiger charge is -2.16. The molecule has 1 atom stereocenters. The molecule has 5 nitrogen and oxygen atoms in total. The van der Waals surface area contributed by atoms with Gasteiger partial charge in [-0.3, -0.25) is 4.79 Å². The third kappa shape index (κ3) is 1.94. The van der Waals surface area contributed by atoms with Crippen LogP contribution in [0.4, 0.5) is 0 Å². The summed E-state index contributed by atoms with van der Waals surface area (Å²) in [7, 11) is 1.58. The molecular formula is C7H11NO4. The van der Waals surface area contributed by atoms with Crippen LogP contribution in [-0.4, -0.2) is 48.2 Å². The SMILES string of the molecule is CN1CC(C(=O)O)OCCC1=O. The Hall–Kier alpha value is -1.10. The number of likely N-dealkylation sites (N-methyl/N-ethyl adjacent to an activating group) is 1. The summed E-state index contributed by atoms with van der Waals surface area (Å²) in [6.45, 7) is 0.328. The summed E-state index contributed by atoms with van der Waals surface area (Å²) in [5.41, 5.74) is 0. The predicted octanol–water partition coefficient (Wildman–Crippen LogP) is -0.682. The number of hydrogen-bond acceptors (Lipinski definition) is 3. The van der Waals surface area contributed by atoms with E-state index in [1.54, 1.807) is 7.05 Å². The lowest BCUT2D eigenvalue weighted by Crippen LogP contribution is -2.36. The summed E-state index contributed by atoms with van der Waals surface area (Å²) in [5, 5.41) is 8.60. The minimum Gasteiger partial charge on any atom is -0.479 e. The van der Waals surface area contributed by atoms with Crippen LogP contribution >= 0.6 is 0 Å². The number of nitrogens with zero attached hydrogens (tertiary/aromatic N) is 1. The molecule has 0 spiro atoms. The Kier molecular flexibility index (Phi) is 2.65. The van der Waals surface area contributed by atoms with Gasteiger partial charge in [0.1, 0.15) is 0 Å². The van der Waals surface area contributed by atoms with Crippen LogP contribution < -0.4 is 0 Å². The molecule has 1 saturated heterocycles. The van der Waals surface area contributed by atoms with Gasteiger partial charge < -0.3 is 14.7 Å². The van der Waals surface area contributed by atoms with E-state index in [1.807, 2.05) is 0 Å². The van der Waals surface area contributed by atoms with Crippen molar-refractivity contribution >= 4 is 11.9 Å². The van der Waals surface area contributed by atoms with Gasteiger partial charge in [-0.15, -0.1) is 0 Å². The molecule has 1 aliphatic rings. The number of carbonyl (C=O) groups excluding carboxylic acids is 1. The molecule has 0 aliphatic carbocycles. The van der Waals surface area contributed by atoms with E-state index in [0.717, 1.165) is 0 Å². The van der Waals surface area contributed by atoms with E-state index in [9.17, 15) is 9.59 Å². The Morgan fingerprint density at radius 3 is 3.00 bits per heavy atom. The number of hydrogen-bond donors (Lipinski definition) is 1. The van der Waals surface area contributed by atoms with E-state index < -0.39 is 12.1 Å². The average Bonchev–Trinajstić information content (AvgIpc) is 2.15. The van der Waals surface area contributed by atoms with E-state index in [4.69, 9.17) is 9.84 Å². The van der Waals surface area contributed by atoms with Crippen molar-refractivity contribution in [3.05, 3.63) is 0 Å². The van der Waals surface area contributed by atoms with Gasteiger partial charge in [-0.25, -0.2) is 4.79 Å². The Bertz CT molecular complexity index is 204. The lowest BCUT2D eigenvalue weighted by atomic mass is 10.3. The van der Waals surface area contributed by atoms with E-state index in [1.165, 1.54) is 4.90 Å². The largest absolute Gasteiger partial charge is 0.479 e. The highest BCUT2D eigenvalue weighted by atomic mass is 16.5. The Morgan fingerprint density at radius 2 is 2.42 bits per heavy atom. The van der Waals surface area contributed by atoms with Gasteiger partial charge in [-0.1, -0.05) is 0 Å². The minimum absolute atomic E-state index is 0.0706. The molecule has 0 aromatic heterocycles. The number of rotatable bonds is 1. The van der Waals surface area contributed by atoms with Gasteiger partial charge in [-0.2, -0.15) is 0 Å². The Balaban J connectivity index is 2.59. The zero-order valence-corrected chi connectivity index (χ0v) is 6.82. The molecule has 5 heteroatoms. The van der Waals surface area contributed by atoms with Gasteiger partial charge in [0.05, 0.1) is 19.6 Å². The van der Waals surface area contributed by atoms with Crippen LogP contribution in [0.3, 0.4) is 0 Å². The Morgan fingerprint density at radius 1 is 1.75 bits per heavy atom. The standard InChI is InChI=1S/C7H11NO4/c1-8-4-5(7(10)11)12-3-2-6(8)9/h5H,2-4H2,1H3,(H,10,11). The quantitative estimate of drug-likeness (QED) is 0.570. The summed E-state index contributed by atoms with van der Waals surface area (Å²) >= 11 is 0. The monoisotopic (exact) mass is 173 g/mol. The molecule has 0 aromatic carbocycles. The molecule has 1 rings (SSSR count). The first-order chi connectivity index (χ1) is 5.61. The maximum absolute atomic E-state index is 11.0. The lowest BCUT2D eigenvalue weighted by molar-refractivity contribution is -0.150. The number of ether oxygens (including phenoxy) is 1. The molecule has 1 heterocycles. The average molecular weight is 173 g/mol. The van der Waals surface area contributed by atoms with Crippen LogP contribution in [0.1, 0.15) is 6.42 Å². The van der Waals surface area contributed by atoms with Crippen molar-refractivity contribution in [1.29, 1.82) is 0 Å². The number of carboxylic acids is 1. The van der Waals surface area contributed by atoms with Crippen molar-refractivity contribution in [2.24, 2.45) is 0 Å². The second-order valence-corrected chi connectivity index (χ2v) is 2.72. The van der Waals surface area contributed by atoms with Crippen molar-refractivity contribution in [1.82, 2.24) is 4.90 Å². The fourth-order valence-electron chi connectivity index (χ4n) is 1.03. The third-order valence-corrected chi connectivity index (χ3v) is 1.78. The highest BCUT2D eigenvalue weighted by Gasteiger charge is 2.25. The molecule has 1 fully saturated rings. The second-order valence-electron chi connectivity index (χ2n) is 2.72. The van der Waals surface area contributed by atoms with E-state index in [0.29, 0.717) is 0 Å². The van der Waals surface area contributed by atoms with Crippen LogP contribution in [0.5, 0.6) is 0 Å². The van der Waals surface area contributed by atoms with E-state index >= 15 is 0 Å². The van der Waals surface area contributed by atoms with Gasteiger partial charge in [0, 0.05) is 7.05 Å². The molecule has 1 aliphatic heterocycles. The summed E-state index contributed by atoms with van der Waals surface area (Å²) in [6, 6.07) is 0. The van der Waals surface area contributed by atoms with E-state index in [2.05, 4.69) is 0 Å². The van der Waals surface area contributed by atoms with E-state index in [-0.39, 0.29) is 25.5 Å². The van der Waals surface area contributed by atoms with Crippen molar-refractivity contribution in [3.8, 4) is 0 Å². The number of carboxylic acid groups (broad SMARTS) is 1. The van der Waals surface area contributed by atoms with Crippen molar-refractivity contribution in [3.63, 3.8) is 0 Å². The maximum Gasteiger partial charge on any atom is 0.334 e. The van der Waals surface area contributed by atoms with Crippen LogP contribution in [0.2, 0.25) is 0 Å². The third-order valence-electron chi connectivity index (χ3n) is 1.78. The van der Waals surface area contributed by atoms with Crippen LogP contribution in [0.15, 0.2) is 0 Å². The van der Waals surface area contributed by atoms with Gasteiger partial charge in [0.15, 0.2) is 6.10 Å². The molecule has 0 aromatic rings. The second kappa shape index (κ2) is 3.53. The molecule has 68 valence electrons. The maximum atomic E-state index is 11.0. The molecule has 0 radical (unpaired) electrons. The smallest absolute Gasteiger partial charge is 0.334 e. The minimum atomic E-state index is -1.02. The first-order valence-electron chi connectivity index (χ1n) is 3.69. The normalized spacial score (nSPS) is 25.2. The molecule has 1 N–H and O–H groups in total. The van der Waals surface area contributed by atoms with Crippen molar-refractivity contribution < 1.29 is 19.4 Å². The summed E-state index contributed by atoms with van der Waals surface area (Å²) in [5.74, 6) is -1.09. The number of carbonyl (C=O) groups is 2. The molecule has 12 heavy (non-hydrogen) atoms. The summed E-state index contributed by atoms with van der Waals surface area (Å²) < 4.78 is 4.94. The molecular weight excluding hydrogens is 162 g/mol. The van der Waals surface area contributed by atoms with Crippen LogP contribution in [0.25, 0.3) is 0 Å². The molecule has 0 bridgehead atoms. The number of amides is 1. The highest BCUT2D eigenvalue weighted by molar-refractivity contribution is 5.79. The Labute approximate surface area is 69.9 Å². The summed E-state index contributed by atoms with van der Waals surface area (Å²) in [4.78, 5) is 22.9. The zero-order valence-electron chi connectivity index (χ0n) is 6.82. The molecule has 0 saturated carbocycles. The van der Waals surface area contributed by atoms with Crippen molar-refractivity contribution in [2.45, 2.75) is 12.5 Å². The first kappa shape index (κ1) is 8.99. The molecule has 1 amide bonds. The van der Waals surface area contributed by atoms with Gasteiger partial charge >= 0.3 is 5.97 Å². The van der Waals surface area contributed by atoms with Crippen LogP contribution in [0, 0.1) is 0 Å².